The van der Waals surface area contributed by atoms with Crippen molar-refractivity contribution in [2.24, 2.45) is 0 Å². The lowest BCUT2D eigenvalue weighted by Crippen LogP contribution is -2.04. The SMILES string of the molecule is C#Cc1ccc([C+](c2ccccc2)c2ccccc2)cc1. The van der Waals surface area contributed by atoms with Gasteiger partial charge in [-0.1, -0.05) is 18.1 Å². The van der Waals surface area contributed by atoms with E-state index in [-0.39, 0.29) is 0 Å². The summed E-state index contributed by atoms with van der Waals surface area (Å²) in [6.07, 6.45) is 5.44. The van der Waals surface area contributed by atoms with Gasteiger partial charge in [0.05, 0.1) is 22.6 Å². The van der Waals surface area contributed by atoms with Gasteiger partial charge in [0.2, 0.25) is 0 Å². The molecule has 0 saturated carbocycles. The van der Waals surface area contributed by atoms with E-state index in [1.54, 1.807) is 0 Å². The third-order valence-electron chi connectivity index (χ3n) is 3.47. The van der Waals surface area contributed by atoms with Gasteiger partial charge in [-0.3, -0.25) is 0 Å². The summed E-state index contributed by atoms with van der Waals surface area (Å²) in [6, 6.07) is 29.0. The Morgan fingerprint density at radius 2 is 1.00 bits per heavy atom. The highest BCUT2D eigenvalue weighted by Gasteiger charge is 2.21. The fourth-order valence-corrected chi connectivity index (χ4v) is 2.44. The first-order valence-corrected chi connectivity index (χ1v) is 6.93. The molecule has 0 aliphatic carbocycles. The normalized spacial score (nSPS) is 9.86. The summed E-state index contributed by atoms with van der Waals surface area (Å²) >= 11 is 0. The molecule has 0 saturated heterocycles. The predicted molar refractivity (Wildman–Crippen MR) is 87.8 cm³/mol. The molecule has 0 bridgehead atoms. The fourth-order valence-electron chi connectivity index (χ4n) is 2.44. The highest BCUT2D eigenvalue weighted by Crippen LogP contribution is 2.30. The van der Waals surface area contributed by atoms with Crippen LogP contribution in [0.1, 0.15) is 22.3 Å². The number of hydrogen-bond donors (Lipinski definition) is 0. The molecule has 98 valence electrons. The average molecular weight is 267 g/mol. The second-order valence-electron chi connectivity index (χ2n) is 4.83. The zero-order valence-electron chi connectivity index (χ0n) is 11.7. The molecule has 0 aromatic heterocycles. The lowest BCUT2D eigenvalue weighted by Gasteiger charge is -2.13. The summed E-state index contributed by atoms with van der Waals surface area (Å²) in [5.74, 6) is 3.89. The Morgan fingerprint density at radius 3 is 1.43 bits per heavy atom. The van der Waals surface area contributed by atoms with Crippen LogP contribution in [0.15, 0.2) is 84.9 Å². The zero-order chi connectivity index (χ0) is 14.5. The number of rotatable bonds is 3. The molecule has 0 aliphatic rings. The standard InChI is InChI=1S/C21H15/c1-2-17-13-15-20(16-14-17)21(18-9-5-3-6-10-18)19-11-7-4-8-12-19/h1,3-16H/q+1. The molecule has 0 heterocycles. The first-order valence-electron chi connectivity index (χ1n) is 6.93. The molecule has 0 heteroatoms. The molecule has 0 atom stereocenters. The summed E-state index contributed by atoms with van der Waals surface area (Å²) in [6.45, 7) is 0. The minimum atomic E-state index is 0.902. The Bertz CT molecular complexity index is 692. The molecule has 0 radical (unpaired) electrons. The van der Waals surface area contributed by atoms with Gasteiger partial charge in [0.15, 0.2) is 0 Å². The first-order chi connectivity index (χ1) is 10.4. The van der Waals surface area contributed by atoms with Crippen LogP contribution in [0.2, 0.25) is 0 Å². The molecule has 0 N–H and O–H groups in total. The quantitative estimate of drug-likeness (QED) is 0.367. The van der Waals surface area contributed by atoms with Crippen LogP contribution in [0, 0.1) is 18.3 Å². The van der Waals surface area contributed by atoms with Crippen molar-refractivity contribution in [2.45, 2.75) is 0 Å². The Morgan fingerprint density at radius 1 is 0.571 bits per heavy atom. The summed E-state index contributed by atoms with van der Waals surface area (Å²) < 4.78 is 0. The summed E-state index contributed by atoms with van der Waals surface area (Å²) in [5.41, 5.74) is 4.49. The maximum absolute atomic E-state index is 5.44. The molecule has 21 heavy (non-hydrogen) atoms. The lowest BCUT2D eigenvalue weighted by atomic mass is 9.85. The topological polar surface area (TPSA) is 0 Å². The summed E-state index contributed by atoms with van der Waals surface area (Å²) in [5, 5.41) is 0. The van der Waals surface area contributed by atoms with Crippen LogP contribution in [0.3, 0.4) is 0 Å². The van der Waals surface area contributed by atoms with Gasteiger partial charge >= 0.3 is 0 Å². The molecular weight excluding hydrogens is 252 g/mol. The van der Waals surface area contributed by atoms with Crippen LogP contribution in [0.5, 0.6) is 0 Å². The van der Waals surface area contributed by atoms with Crippen molar-refractivity contribution in [3.8, 4) is 12.3 Å². The van der Waals surface area contributed by atoms with E-state index in [1.165, 1.54) is 22.6 Å². The van der Waals surface area contributed by atoms with Gasteiger partial charge in [-0.25, -0.2) is 0 Å². The van der Waals surface area contributed by atoms with Crippen LogP contribution >= 0.6 is 0 Å². The molecule has 0 amide bonds. The number of hydrogen-bond acceptors (Lipinski definition) is 0. The molecule has 0 aliphatic heterocycles. The third-order valence-corrected chi connectivity index (χ3v) is 3.47. The van der Waals surface area contributed by atoms with E-state index in [0.29, 0.717) is 0 Å². The van der Waals surface area contributed by atoms with Gasteiger partial charge in [-0.05, 0) is 72.8 Å². The van der Waals surface area contributed by atoms with Gasteiger partial charge in [0, 0.05) is 5.56 Å². The van der Waals surface area contributed by atoms with Crippen molar-refractivity contribution >= 4 is 0 Å². The second-order valence-corrected chi connectivity index (χ2v) is 4.83. The van der Waals surface area contributed by atoms with Gasteiger partial charge < -0.3 is 0 Å². The Kier molecular flexibility index (Phi) is 3.76. The molecule has 3 aromatic carbocycles. The van der Waals surface area contributed by atoms with Crippen LogP contribution < -0.4 is 0 Å². The molecule has 0 nitrogen and oxygen atoms in total. The van der Waals surface area contributed by atoms with Crippen LogP contribution in [0.25, 0.3) is 0 Å². The van der Waals surface area contributed by atoms with Gasteiger partial charge in [-0.15, -0.1) is 6.42 Å². The van der Waals surface area contributed by atoms with Crippen molar-refractivity contribution < 1.29 is 0 Å². The van der Waals surface area contributed by atoms with Crippen molar-refractivity contribution in [1.82, 2.24) is 0 Å². The maximum Gasteiger partial charge on any atom is 0.0631 e. The van der Waals surface area contributed by atoms with Crippen molar-refractivity contribution in [3.63, 3.8) is 0 Å². The van der Waals surface area contributed by atoms with E-state index in [0.717, 1.165) is 5.56 Å². The average Bonchev–Trinajstić information content (AvgIpc) is 2.58. The Hall–Kier alpha value is -2.91. The molecule has 3 rings (SSSR count). The van der Waals surface area contributed by atoms with Crippen LogP contribution in [-0.4, -0.2) is 0 Å². The minimum absolute atomic E-state index is 0.902. The van der Waals surface area contributed by atoms with Gasteiger partial charge in [0.1, 0.15) is 0 Å². The third kappa shape index (κ3) is 2.83. The largest absolute Gasteiger partial charge is 0.115 e. The minimum Gasteiger partial charge on any atom is -0.115 e. The first kappa shape index (κ1) is 13.1. The van der Waals surface area contributed by atoms with E-state index in [1.807, 2.05) is 24.3 Å². The number of benzene rings is 3. The van der Waals surface area contributed by atoms with E-state index in [4.69, 9.17) is 6.42 Å². The van der Waals surface area contributed by atoms with Crippen molar-refractivity contribution in [1.29, 1.82) is 0 Å². The lowest BCUT2D eigenvalue weighted by molar-refractivity contribution is 1.23. The second kappa shape index (κ2) is 6.03. The highest BCUT2D eigenvalue weighted by molar-refractivity contribution is 5.57. The Balaban J connectivity index is 2.10. The smallest absolute Gasteiger partial charge is 0.0631 e. The van der Waals surface area contributed by atoms with Crippen molar-refractivity contribution in [2.75, 3.05) is 0 Å². The Labute approximate surface area is 126 Å². The van der Waals surface area contributed by atoms with E-state index in [9.17, 15) is 0 Å². The van der Waals surface area contributed by atoms with Crippen molar-refractivity contribution in [3.05, 3.63) is 113 Å². The van der Waals surface area contributed by atoms with Gasteiger partial charge in [0.25, 0.3) is 0 Å². The molecule has 0 spiro atoms. The highest BCUT2D eigenvalue weighted by atomic mass is 14.2. The molecule has 0 unspecified atom stereocenters. The fraction of sp³-hybridized carbons (Fsp3) is 0. The molecule has 0 fully saturated rings. The predicted octanol–water partition coefficient (Wildman–Crippen LogP) is 4.69. The van der Waals surface area contributed by atoms with Crippen LogP contribution in [0.4, 0.5) is 0 Å². The summed E-state index contributed by atoms with van der Waals surface area (Å²) in [7, 11) is 0. The van der Waals surface area contributed by atoms with E-state index >= 15 is 0 Å². The van der Waals surface area contributed by atoms with E-state index in [2.05, 4.69) is 66.6 Å². The van der Waals surface area contributed by atoms with Gasteiger partial charge in [-0.2, -0.15) is 0 Å². The monoisotopic (exact) mass is 267 g/mol. The summed E-state index contributed by atoms with van der Waals surface area (Å²) in [4.78, 5) is 0. The maximum atomic E-state index is 5.44. The van der Waals surface area contributed by atoms with Crippen LogP contribution in [-0.2, 0) is 0 Å². The molecular formula is C21H15+. The van der Waals surface area contributed by atoms with E-state index < -0.39 is 0 Å². The number of terminal acetylenes is 1. The molecule has 3 aromatic rings. The zero-order valence-corrected chi connectivity index (χ0v) is 11.7.